The summed E-state index contributed by atoms with van der Waals surface area (Å²) in [5.41, 5.74) is 0.862. The average molecular weight is 239 g/mol. The van der Waals surface area contributed by atoms with Gasteiger partial charge in [0.15, 0.2) is 0 Å². The normalized spacial score (nSPS) is 13.5. The molecule has 17 heavy (non-hydrogen) atoms. The second-order valence-corrected chi connectivity index (χ2v) is 5.23. The van der Waals surface area contributed by atoms with E-state index < -0.39 is 0 Å². The largest absolute Gasteiger partial charge is 0.468 e. The molecule has 0 fully saturated rings. The van der Waals surface area contributed by atoms with E-state index in [-0.39, 0.29) is 17.4 Å². The van der Waals surface area contributed by atoms with Crippen molar-refractivity contribution >= 4 is 5.97 Å². The molecule has 0 amide bonds. The third kappa shape index (κ3) is 3.85. The molecule has 0 saturated heterocycles. The number of hydrogen-bond acceptors (Lipinski definition) is 4. The van der Waals surface area contributed by atoms with Crippen LogP contribution < -0.4 is 5.32 Å². The Labute approximate surface area is 102 Å². The lowest BCUT2D eigenvalue weighted by Crippen LogP contribution is -2.46. The first-order valence-corrected chi connectivity index (χ1v) is 5.63. The smallest absolute Gasteiger partial charge is 0.323 e. The first kappa shape index (κ1) is 13.7. The summed E-state index contributed by atoms with van der Waals surface area (Å²) in [5, 5.41) is 7.29. The molecule has 5 heteroatoms. The molecule has 0 unspecified atom stereocenters. The molecule has 1 aromatic heterocycles. The van der Waals surface area contributed by atoms with E-state index in [4.69, 9.17) is 4.74 Å². The van der Waals surface area contributed by atoms with Crippen molar-refractivity contribution in [1.29, 1.82) is 0 Å². The van der Waals surface area contributed by atoms with Crippen molar-refractivity contribution in [3.8, 4) is 0 Å². The number of carbonyl (C=O) groups is 1. The van der Waals surface area contributed by atoms with Crippen LogP contribution in [-0.2, 0) is 23.1 Å². The van der Waals surface area contributed by atoms with Gasteiger partial charge in [0.05, 0.1) is 13.3 Å². The Balaban J connectivity index is 2.65. The summed E-state index contributed by atoms with van der Waals surface area (Å²) in [6, 6.07) is -0.326. The molecule has 5 nitrogen and oxygen atoms in total. The predicted octanol–water partition coefficient (Wildman–Crippen LogP) is 1.10. The maximum Gasteiger partial charge on any atom is 0.323 e. The number of carbonyl (C=O) groups excluding carboxylic acids is 1. The van der Waals surface area contributed by atoms with Gasteiger partial charge in [0.2, 0.25) is 0 Å². The van der Waals surface area contributed by atoms with Crippen molar-refractivity contribution in [2.75, 3.05) is 7.11 Å². The van der Waals surface area contributed by atoms with Crippen molar-refractivity contribution < 1.29 is 9.53 Å². The van der Waals surface area contributed by atoms with Crippen LogP contribution in [0.1, 0.15) is 26.3 Å². The molecule has 1 rings (SSSR count). The monoisotopic (exact) mass is 239 g/mol. The number of ether oxygens (including phenoxy) is 1. The lowest BCUT2D eigenvalue weighted by Gasteiger charge is -2.29. The Hall–Kier alpha value is -1.36. The first-order chi connectivity index (χ1) is 7.84. The maximum absolute atomic E-state index is 11.7. The zero-order valence-corrected chi connectivity index (χ0v) is 11.2. The standard InChI is InChI=1S/C12H21N3O2/c1-12(2,3)10(11(16)17-5)13-6-9-7-14-15(4)8-9/h7-8,10,13H,6H2,1-5H3/t10-/m0/s1. The predicted molar refractivity (Wildman–Crippen MR) is 65.3 cm³/mol. The third-order valence-electron chi connectivity index (χ3n) is 2.57. The Morgan fingerprint density at radius 3 is 2.65 bits per heavy atom. The van der Waals surface area contributed by atoms with Crippen molar-refractivity contribution in [1.82, 2.24) is 15.1 Å². The minimum Gasteiger partial charge on any atom is -0.468 e. The molecule has 0 aromatic carbocycles. The number of aryl methyl sites for hydroxylation is 1. The summed E-state index contributed by atoms with van der Waals surface area (Å²) >= 11 is 0. The fourth-order valence-electron chi connectivity index (χ4n) is 1.64. The van der Waals surface area contributed by atoms with E-state index in [1.807, 2.05) is 34.0 Å². The van der Waals surface area contributed by atoms with Gasteiger partial charge in [-0.2, -0.15) is 5.10 Å². The zero-order valence-electron chi connectivity index (χ0n) is 11.2. The number of hydrogen-bond donors (Lipinski definition) is 1. The highest BCUT2D eigenvalue weighted by Gasteiger charge is 2.31. The highest BCUT2D eigenvalue weighted by atomic mass is 16.5. The van der Waals surface area contributed by atoms with E-state index in [1.54, 1.807) is 10.9 Å². The quantitative estimate of drug-likeness (QED) is 0.799. The summed E-state index contributed by atoms with van der Waals surface area (Å²) in [5.74, 6) is -0.235. The fourth-order valence-corrected chi connectivity index (χ4v) is 1.64. The maximum atomic E-state index is 11.7. The van der Waals surface area contributed by atoms with Crippen LogP contribution in [0.4, 0.5) is 0 Å². The molecule has 0 saturated carbocycles. The van der Waals surface area contributed by atoms with E-state index in [0.29, 0.717) is 6.54 Å². The summed E-state index contributed by atoms with van der Waals surface area (Å²) in [6.07, 6.45) is 3.70. The van der Waals surface area contributed by atoms with Crippen LogP contribution in [0.25, 0.3) is 0 Å². The molecular weight excluding hydrogens is 218 g/mol. The van der Waals surface area contributed by atoms with Crippen LogP contribution >= 0.6 is 0 Å². The second kappa shape index (κ2) is 5.31. The summed E-state index contributed by atoms with van der Waals surface area (Å²) in [6.45, 7) is 6.62. The molecule has 1 heterocycles. The van der Waals surface area contributed by atoms with Crippen LogP contribution in [-0.4, -0.2) is 28.9 Å². The number of esters is 1. The molecule has 0 radical (unpaired) electrons. The van der Waals surface area contributed by atoms with Gasteiger partial charge in [-0.05, 0) is 5.41 Å². The van der Waals surface area contributed by atoms with Gasteiger partial charge in [0.25, 0.3) is 0 Å². The highest BCUT2D eigenvalue weighted by molar-refractivity contribution is 5.76. The van der Waals surface area contributed by atoms with Crippen LogP contribution in [0.3, 0.4) is 0 Å². The van der Waals surface area contributed by atoms with Gasteiger partial charge < -0.3 is 4.74 Å². The minimum absolute atomic E-state index is 0.185. The average Bonchev–Trinajstić information content (AvgIpc) is 2.62. The Morgan fingerprint density at radius 1 is 1.59 bits per heavy atom. The number of methoxy groups -OCH3 is 1. The molecule has 1 N–H and O–H groups in total. The third-order valence-corrected chi connectivity index (χ3v) is 2.57. The lowest BCUT2D eigenvalue weighted by molar-refractivity contribution is -0.146. The fraction of sp³-hybridized carbons (Fsp3) is 0.667. The summed E-state index contributed by atoms with van der Waals surface area (Å²) < 4.78 is 6.55. The molecule has 1 aromatic rings. The minimum atomic E-state index is -0.326. The number of rotatable bonds is 4. The molecule has 0 spiro atoms. The molecule has 96 valence electrons. The molecule has 0 bridgehead atoms. The Bertz CT molecular complexity index is 379. The SMILES string of the molecule is COC(=O)[C@H](NCc1cnn(C)c1)C(C)(C)C. The lowest BCUT2D eigenvalue weighted by atomic mass is 9.86. The molecule has 0 aliphatic heterocycles. The molecule has 0 aliphatic rings. The van der Waals surface area contributed by atoms with Gasteiger partial charge in [0, 0.05) is 25.4 Å². The summed E-state index contributed by atoms with van der Waals surface area (Å²) in [7, 11) is 3.28. The molecule has 0 aliphatic carbocycles. The highest BCUT2D eigenvalue weighted by Crippen LogP contribution is 2.20. The van der Waals surface area contributed by atoms with Crippen molar-refractivity contribution in [2.45, 2.75) is 33.4 Å². The van der Waals surface area contributed by atoms with Crippen LogP contribution in [0.5, 0.6) is 0 Å². The van der Waals surface area contributed by atoms with Crippen LogP contribution in [0.15, 0.2) is 12.4 Å². The Kier molecular flexibility index (Phi) is 4.28. The summed E-state index contributed by atoms with van der Waals surface area (Å²) in [4.78, 5) is 11.7. The molecular formula is C12H21N3O2. The van der Waals surface area contributed by atoms with Crippen molar-refractivity contribution in [3.05, 3.63) is 18.0 Å². The number of aromatic nitrogens is 2. The molecule has 1 atom stereocenters. The van der Waals surface area contributed by atoms with Gasteiger partial charge in [0.1, 0.15) is 6.04 Å². The van der Waals surface area contributed by atoms with E-state index in [2.05, 4.69) is 10.4 Å². The van der Waals surface area contributed by atoms with Gasteiger partial charge >= 0.3 is 5.97 Å². The van der Waals surface area contributed by atoms with E-state index in [0.717, 1.165) is 5.56 Å². The van der Waals surface area contributed by atoms with Crippen molar-refractivity contribution in [2.24, 2.45) is 12.5 Å². The van der Waals surface area contributed by atoms with Gasteiger partial charge in [-0.1, -0.05) is 20.8 Å². The number of nitrogens with zero attached hydrogens (tertiary/aromatic N) is 2. The van der Waals surface area contributed by atoms with Crippen LogP contribution in [0, 0.1) is 5.41 Å². The van der Waals surface area contributed by atoms with Crippen molar-refractivity contribution in [3.63, 3.8) is 0 Å². The van der Waals surface area contributed by atoms with E-state index in [9.17, 15) is 4.79 Å². The van der Waals surface area contributed by atoms with Crippen LogP contribution in [0.2, 0.25) is 0 Å². The number of nitrogens with one attached hydrogen (secondary N) is 1. The van der Waals surface area contributed by atoms with Gasteiger partial charge in [-0.15, -0.1) is 0 Å². The first-order valence-electron chi connectivity index (χ1n) is 5.63. The zero-order chi connectivity index (χ0) is 13.1. The topological polar surface area (TPSA) is 56.1 Å². The second-order valence-electron chi connectivity index (χ2n) is 5.23. The van der Waals surface area contributed by atoms with Gasteiger partial charge in [-0.3, -0.25) is 14.8 Å². The Morgan fingerprint density at radius 2 is 2.24 bits per heavy atom. The van der Waals surface area contributed by atoms with Gasteiger partial charge in [-0.25, -0.2) is 0 Å². The van der Waals surface area contributed by atoms with E-state index >= 15 is 0 Å². The van der Waals surface area contributed by atoms with E-state index in [1.165, 1.54) is 7.11 Å².